The fourth-order valence-electron chi connectivity index (χ4n) is 3.71. The molecule has 7 nitrogen and oxygen atoms in total. The molecule has 4 rings (SSSR count). The number of nitrogens with one attached hydrogen (secondary N) is 1. The Labute approximate surface area is 235 Å². The van der Waals surface area contributed by atoms with E-state index in [1.807, 2.05) is 38.1 Å². The molecular weight excluding hydrogens is 549 g/mol. The third-order valence-electron chi connectivity index (χ3n) is 5.65. The summed E-state index contributed by atoms with van der Waals surface area (Å²) in [5.41, 5.74) is 3.81. The maximum Gasteiger partial charge on any atom is 0.335 e. The first-order chi connectivity index (χ1) is 18.2. The van der Waals surface area contributed by atoms with Gasteiger partial charge in [0.1, 0.15) is 23.8 Å². The molecule has 0 radical (unpaired) electrons. The molecule has 0 aliphatic rings. The summed E-state index contributed by atoms with van der Waals surface area (Å²) in [6, 6.07) is 12.0. The molecule has 0 saturated carbocycles. The number of carboxylic acids is 1. The van der Waals surface area contributed by atoms with Crippen LogP contribution in [0.5, 0.6) is 5.75 Å². The summed E-state index contributed by atoms with van der Waals surface area (Å²) in [4.78, 5) is 15.2. The molecule has 196 valence electrons. The molecule has 2 aromatic heterocycles. The van der Waals surface area contributed by atoms with Crippen LogP contribution < -0.4 is 10.1 Å². The van der Waals surface area contributed by atoms with Crippen molar-refractivity contribution in [3.05, 3.63) is 104 Å². The van der Waals surface area contributed by atoms with Gasteiger partial charge in [0, 0.05) is 18.3 Å². The van der Waals surface area contributed by atoms with E-state index in [0.29, 0.717) is 38.7 Å². The number of nitrogens with zero attached hydrogens (tertiary/aromatic N) is 2. The molecule has 4 aromatic rings. The van der Waals surface area contributed by atoms with Crippen LogP contribution >= 0.6 is 34.8 Å². The van der Waals surface area contributed by atoms with Crippen LogP contribution in [0.2, 0.25) is 15.1 Å². The Kier molecular flexibility index (Phi) is 8.94. The number of carboxylic acid groups (broad SMARTS) is 1. The van der Waals surface area contributed by atoms with Crippen molar-refractivity contribution in [2.24, 2.45) is 0 Å². The maximum absolute atomic E-state index is 11.2. The molecule has 0 amide bonds. The number of hydrogen-bond acceptors (Lipinski definition) is 6. The van der Waals surface area contributed by atoms with Crippen LogP contribution in [0.25, 0.3) is 12.2 Å². The predicted octanol–water partition coefficient (Wildman–Crippen LogP) is 8.21. The summed E-state index contributed by atoms with van der Waals surface area (Å²) in [6.07, 6.45) is 6.65. The molecular formula is C28H24Cl3N3O4. The van der Waals surface area contributed by atoms with Crippen molar-refractivity contribution < 1.29 is 19.2 Å². The Morgan fingerprint density at radius 2 is 1.84 bits per heavy atom. The number of hydrogen-bond donors (Lipinski definition) is 2. The van der Waals surface area contributed by atoms with E-state index >= 15 is 0 Å². The number of benzene rings is 2. The van der Waals surface area contributed by atoms with Gasteiger partial charge in [0.05, 0.1) is 38.4 Å². The largest absolute Gasteiger partial charge is 0.489 e. The summed E-state index contributed by atoms with van der Waals surface area (Å²) in [6.45, 7) is 4.58. The number of pyridine rings is 1. The highest BCUT2D eigenvalue weighted by Crippen LogP contribution is 2.31. The summed E-state index contributed by atoms with van der Waals surface area (Å²) in [5, 5.41) is 17.9. The van der Waals surface area contributed by atoms with Gasteiger partial charge >= 0.3 is 5.97 Å². The molecule has 10 heteroatoms. The fraction of sp³-hybridized carbons (Fsp3) is 0.179. The maximum atomic E-state index is 11.2. The molecule has 0 bridgehead atoms. The normalized spacial score (nSPS) is 11.3. The van der Waals surface area contributed by atoms with E-state index < -0.39 is 5.97 Å². The topological polar surface area (TPSA) is 97.5 Å². The van der Waals surface area contributed by atoms with Crippen molar-refractivity contribution >= 4 is 58.6 Å². The molecule has 0 unspecified atom stereocenters. The molecule has 2 aromatic carbocycles. The van der Waals surface area contributed by atoms with Crippen molar-refractivity contribution in [3.8, 4) is 5.75 Å². The molecule has 0 saturated heterocycles. The summed E-state index contributed by atoms with van der Waals surface area (Å²) in [5.74, 6) is 0.425. The van der Waals surface area contributed by atoms with Crippen molar-refractivity contribution in [2.45, 2.75) is 32.9 Å². The minimum absolute atomic E-state index is 0.0960. The van der Waals surface area contributed by atoms with Gasteiger partial charge < -0.3 is 19.7 Å². The number of ether oxygens (including phenoxy) is 1. The van der Waals surface area contributed by atoms with E-state index in [0.717, 1.165) is 22.5 Å². The summed E-state index contributed by atoms with van der Waals surface area (Å²) >= 11 is 18.9. The second-order valence-corrected chi connectivity index (χ2v) is 9.92. The fourth-order valence-corrected chi connectivity index (χ4v) is 4.44. The highest BCUT2D eigenvalue weighted by molar-refractivity contribution is 6.38. The average Bonchev–Trinajstić information content (AvgIpc) is 3.30. The molecule has 0 spiro atoms. The van der Waals surface area contributed by atoms with Crippen LogP contribution in [-0.4, -0.2) is 21.2 Å². The SMILES string of the molecule is CC(C)c1onc(CNc2c(Cl)cncc2Cl)c1COc1ccc(/C=C/c2cccc(C(=O)O)c2)c(Cl)c1. The van der Waals surface area contributed by atoms with Crippen LogP contribution in [0.4, 0.5) is 5.69 Å². The zero-order valence-electron chi connectivity index (χ0n) is 20.5. The van der Waals surface area contributed by atoms with Gasteiger partial charge in [0.15, 0.2) is 0 Å². The van der Waals surface area contributed by atoms with E-state index in [1.54, 1.807) is 30.3 Å². The first-order valence-corrected chi connectivity index (χ1v) is 12.8. The van der Waals surface area contributed by atoms with E-state index in [4.69, 9.17) is 44.1 Å². The minimum atomic E-state index is -0.975. The van der Waals surface area contributed by atoms with E-state index in [9.17, 15) is 9.90 Å². The third kappa shape index (κ3) is 6.67. The van der Waals surface area contributed by atoms with Gasteiger partial charge in [-0.3, -0.25) is 4.98 Å². The van der Waals surface area contributed by atoms with Crippen LogP contribution in [-0.2, 0) is 13.2 Å². The first-order valence-electron chi connectivity index (χ1n) is 11.7. The lowest BCUT2D eigenvalue weighted by molar-refractivity contribution is 0.0697. The Morgan fingerprint density at radius 1 is 1.08 bits per heavy atom. The van der Waals surface area contributed by atoms with Crippen molar-refractivity contribution in [2.75, 3.05) is 5.32 Å². The summed E-state index contributed by atoms with van der Waals surface area (Å²) in [7, 11) is 0. The van der Waals surface area contributed by atoms with E-state index in [-0.39, 0.29) is 18.1 Å². The molecule has 0 fully saturated rings. The molecule has 2 heterocycles. The van der Waals surface area contributed by atoms with Gasteiger partial charge in [-0.25, -0.2) is 4.79 Å². The first kappa shape index (κ1) is 27.5. The molecule has 38 heavy (non-hydrogen) atoms. The van der Waals surface area contributed by atoms with Crippen LogP contribution in [0.1, 0.15) is 58.3 Å². The molecule has 2 N–H and O–H groups in total. The minimum Gasteiger partial charge on any atom is -0.489 e. The Balaban J connectivity index is 1.47. The zero-order chi connectivity index (χ0) is 27.2. The lowest BCUT2D eigenvalue weighted by Gasteiger charge is -2.12. The van der Waals surface area contributed by atoms with Gasteiger partial charge in [-0.15, -0.1) is 0 Å². The Morgan fingerprint density at radius 3 is 2.53 bits per heavy atom. The van der Waals surface area contributed by atoms with E-state index in [2.05, 4.69) is 15.5 Å². The number of aromatic nitrogens is 2. The second kappa shape index (κ2) is 12.3. The summed E-state index contributed by atoms with van der Waals surface area (Å²) < 4.78 is 11.7. The molecule has 0 aliphatic carbocycles. The third-order valence-corrected chi connectivity index (χ3v) is 6.55. The van der Waals surface area contributed by atoms with E-state index in [1.165, 1.54) is 12.4 Å². The van der Waals surface area contributed by atoms with Gasteiger partial charge in [-0.05, 0) is 41.5 Å². The number of halogens is 3. The van der Waals surface area contributed by atoms with Crippen LogP contribution in [0, 0.1) is 0 Å². The number of aromatic carboxylic acids is 1. The van der Waals surface area contributed by atoms with Gasteiger partial charge in [0.25, 0.3) is 0 Å². The van der Waals surface area contributed by atoms with Gasteiger partial charge in [0.2, 0.25) is 0 Å². The Bertz CT molecular complexity index is 1460. The number of carbonyl (C=O) groups is 1. The van der Waals surface area contributed by atoms with Crippen molar-refractivity contribution in [3.63, 3.8) is 0 Å². The number of anilines is 1. The van der Waals surface area contributed by atoms with Crippen LogP contribution in [0.15, 0.2) is 59.4 Å². The highest BCUT2D eigenvalue weighted by Gasteiger charge is 2.20. The second-order valence-electron chi connectivity index (χ2n) is 8.69. The molecule has 0 atom stereocenters. The van der Waals surface area contributed by atoms with Crippen molar-refractivity contribution in [1.29, 1.82) is 0 Å². The standard InChI is InChI=1S/C28H24Cl3N3O4/c1-16(2)27-21(25(34-38-27)14-33-26-23(30)12-32-13-24(26)31)15-37-20-9-8-18(22(29)11-20)7-6-17-4-3-5-19(10-17)28(35)36/h3-13,16H,14-15H2,1-2H3,(H,32,33)(H,35,36)/b7-6+. The lowest BCUT2D eigenvalue weighted by Crippen LogP contribution is -2.07. The van der Waals surface area contributed by atoms with Gasteiger partial charge in [-0.1, -0.05) is 78.1 Å². The van der Waals surface area contributed by atoms with Crippen LogP contribution in [0.3, 0.4) is 0 Å². The molecule has 0 aliphatic heterocycles. The Hall–Kier alpha value is -3.52. The highest BCUT2D eigenvalue weighted by atomic mass is 35.5. The zero-order valence-corrected chi connectivity index (χ0v) is 22.8. The average molecular weight is 573 g/mol. The lowest BCUT2D eigenvalue weighted by atomic mass is 10.1. The number of rotatable bonds is 10. The van der Waals surface area contributed by atoms with Crippen molar-refractivity contribution in [1.82, 2.24) is 10.1 Å². The smallest absolute Gasteiger partial charge is 0.335 e. The monoisotopic (exact) mass is 571 g/mol. The predicted molar refractivity (Wildman–Crippen MR) is 150 cm³/mol. The quantitative estimate of drug-likeness (QED) is 0.185. The van der Waals surface area contributed by atoms with Gasteiger partial charge in [-0.2, -0.15) is 0 Å².